The second-order valence-electron chi connectivity index (χ2n) is 6.36. The molecule has 13 nitrogen and oxygen atoms in total. The van der Waals surface area contributed by atoms with Crippen molar-refractivity contribution in [1.29, 1.82) is 0 Å². The zero-order chi connectivity index (χ0) is 24.1. The lowest BCUT2D eigenvalue weighted by Crippen LogP contribution is -2.58. The van der Waals surface area contributed by atoms with Gasteiger partial charge in [-0.3, -0.25) is 24.0 Å². The second kappa shape index (κ2) is 14.5. The maximum Gasteiger partial charge on any atom is 0.326 e. The Hall–Kier alpha value is -2.52. The Kier molecular flexibility index (Phi) is 13.3. The molecule has 4 atom stereocenters. The van der Waals surface area contributed by atoms with Gasteiger partial charge in [0, 0.05) is 24.3 Å². The smallest absolute Gasteiger partial charge is 0.326 e. The van der Waals surface area contributed by atoms with Gasteiger partial charge in [-0.25, -0.2) is 4.79 Å². The van der Waals surface area contributed by atoms with Gasteiger partial charge in [0.15, 0.2) is 0 Å². The van der Waals surface area contributed by atoms with Crippen LogP contribution in [-0.2, 0) is 28.8 Å². The van der Waals surface area contributed by atoms with Gasteiger partial charge >= 0.3 is 17.9 Å². The summed E-state index contributed by atoms with van der Waals surface area (Å²) in [5.41, 5.74) is 5.57. The molecule has 0 bridgehead atoms. The van der Waals surface area contributed by atoms with E-state index in [4.69, 9.17) is 21.1 Å². The van der Waals surface area contributed by atoms with Gasteiger partial charge in [0.2, 0.25) is 17.7 Å². The molecule has 0 spiro atoms. The largest absolute Gasteiger partial charge is 0.481 e. The lowest BCUT2D eigenvalue weighted by atomic mass is 10.1. The number of carbonyl (C=O) groups is 6. The summed E-state index contributed by atoms with van der Waals surface area (Å²) in [6.45, 7) is 0. The van der Waals surface area contributed by atoms with Crippen LogP contribution in [0.5, 0.6) is 0 Å². The van der Waals surface area contributed by atoms with Gasteiger partial charge in [-0.05, 0) is 12.8 Å². The molecule has 0 heterocycles. The maximum atomic E-state index is 12.4. The van der Waals surface area contributed by atoms with Crippen LogP contribution in [0.25, 0.3) is 0 Å². The lowest BCUT2D eigenvalue weighted by molar-refractivity contribution is -0.143. The monoisotopic (exact) mass is 482 g/mol. The molecule has 0 aromatic heterocycles. The van der Waals surface area contributed by atoms with Crippen LogP contribution in [0.3, 0.4) is 0 Å². The van der Waals surface area contributed by atoms with E-state index in [-0.39, 0.29) is 30.8 Å². The van der Waals surface area contributed by atoms with Crippen molar-refractivity contribution >= 4 is 60.9 Å². The number of hydrogen-bond donors (Lipinski definition) is 9. The Morgan fingerprint density at radius 3 is 1.45 bits per heavy atom. The van der Waals surface area contributed by atoms with Gasteiger partial charge in [-0.1, -0.05) is 0 Å². The van der Waals surface area contributed by atoms with E-state index in [9.17, 15) is 28.8 Å². The van der Waals surface area contributed by atoms with Crippen molar-refractivity contribution in [3.8, 4) is 0 Å². The van der Waals surface area contributed by atoms with E-state index in [2.05, 4.69) is 41.2 Å². The molecule has 0 radical (unpaired) electrons. The fourth-order valence-corrected chi connectivity index (χ4v) is 2.66. The Balaban J connectivity index is 4.97. The van der Waals surface area contributed by atoms with Crippen molar-refractivity contribution in [2.75, 3.05) is 11.5 Å². The number of carbonyl (C=O) groups excluding carboxylic acids is 3. The van der Waals surface area contributed by atoms with E-state index in [1.54, 1.807) is 0 Å². The molecule has 0 fully saturated rings. The summed E-state index contributed by atoms with van der Waals surface area (Å²) in [7, 11) is 0. The molecular formula is C16H26N4O9S2. The predicted octanol–water partition coefficient (Wildman–Crippen LogP) is -2.56. The molecule has 0 aromatic rings. The summed E-state index contributed by atoms with van der Waals surface area (Å²) < 4.78 is 0. The fraction of sp³-hybridized carbons (Fsp3) is 0.625. The third-order valence-electron chi connectivity index (χ3n) is 3.90. The van der Waals surface area contributed by atoms with Crippen molar-refractivity contribution in [1.82, 2.24) is 16.0 Å². The number of carboxylic acids is 3. The summed E-state index contributed by atoms with van der Waals surface area (Å²) in [5.74, 6) is -6.78. The number of carboxylic acid groups (broad SMARTS) is 3. The molecule has 0 aliphatic rings. The quantitative estimate of drug-likeness (QED) is 0.111. The zero-order valence-corrected chi connectivity index (χ0v) is 18.1. The van der Waals surface area contributed by atoms with Crippen LogP contribution in [0.1, 0.15) is 25.7 Å². The average Bonchev–Trinajstić information content (AvgIpc) is 2.70. The Bertz CT molecular complexity index is 692. The third kappa shape index (κ3) is 11.4. The molecular weight excluding hydrogens is 456 g/mol. The molecule has 0 aliphatic carbocycles. The molecule has 176 valence electrons. The molecule has 4 unspecified atom stereocenters. The van der Waals surface area contributed by atoms with Gasteiger partial charge in [-0.15, -0.1) is 0 Å². The summed E-state index contributed by atoms with van der Waals surface area (Å²) in [4.78, 5) is 69.1. The fourth-order valence-electron chi connectivity index (χ4n) is 2.15. The van der Waals surface area contributed by atoms with Crippen LogP contribution in [0.15, 0.2) is 0 Å². The van der Waals surface area contributed by atoms with E-state index in [1.165, 1.54) is 0 Å². The minimum absolute atomic E-state index is 0.156. The lowest BCUT2D eigenvalue weighted by Gasteiger charge is -2.23. The zero-order valence-electron chi connectivity index (χ0n) is 16.3. The van der Waals surface area contributed by atoms with Gasteiger partial charge < -0.3 is 37.0 Å². The van der Waals surface area contributed by atoms with E-state index >= 15 is 0 Å². The van der Waals surface area contributed by atoms with Gasteiger partial charge in [0.1, 0.15) is 18.1 Å². The number of nitrogens with two attached hydrogens (primary N) is 1. The van der Waals surface area contributed by atoms with Crippen molar-refractivity contribution < 1.29 is 44.1 Å². The predicted molar refractivity (Wildman–Crippen MR) is 113 cm³/mol. The Morgan fingerprint density at radius 2 is 1.06 bits per heavy atom. The first-order chi connectivity index (χ1) is 14.4. The van der Waals surface area contributed by atoms with Crippen molar-refractivity contribution in [2.45, 2.75) is 49.9 Å². The minimum atomic E-state index is -1.49. The molecule has 0 aromatic carbocycles. The first-order valence-electron chi connectivity index (χ1n) is 8.97. The second-order valence-corrected chi connectivity index (χ2v) is 7.09. The van der Waals surface area contributed by atoms with Crippen molar-refractivity contribution in [3.63, 3.8) is 0 Å². The van der Waals surface area contributed by atoms with Crippen molar-refractivity contribution in [3.05, 3.63) is 0 Å². The third-order valence-corrected chi connectivity index (χ3v) is 4.63. The summed E-state index contributed by atoms with van der Waals surface area (Å²) >= 11 is 7.89. The Morgan fingerprint density at radius 1 is 0.677 bits per heavy atom. The number of thiol groups is 2. The van der Waals surface area contributed by atoms with E-state index < -0.39 is 66.2 Å². The first-order valence-corrected chi connectivity index (χ1v) is 10.2. The van der Waals surface area contributed by atoms with Crippen LogP contribution in [-0.4, -0.2) is 86.6 Å². The normalized spacial score (nSPS) is 14.4. The summed E-state index contributed by atoms with van der Waals surface area (Å²) in [6.07, 6.45) is -1.37. The highest BCUT2D eigenvalue weighted by atomic mass is 32.1. The van der Waals surface area contributed by atoms with Gasteiger partial charge in [0.05, 0.1) is 6.04 Å². The number of hydrogen-bond acceptors (Lipinski definition) is 9. The highest BCUT2D eigenvalue weighted by Crippen LogP contribution is 2.02. The molecule has 31 heavy (non-hydrogen) atoms. The number of amides is 3. The number of aliphatic carboxylic acids is 3. The SMILES string of the molecule is NC(CCC(=O)O)C(=O)NC(CS)C(=O)NC(CS)C(=O)NC(CCC(=O)O)C(=O)O. The molecule has 0 rings (SSSR count). The standard InChI is InChI=1S/C16H26N4O9S2/c17-7(1-3-11(21)22)13(25)19-9(5-30)15(27)20-10(6-31)14(26)18-8(16(28)29)2-4-12(23)24/h7-10,30-31H,1-6,17H2,(H,18,26)(H,19,25)(H,20,27)(H,21,22)(H,23,24)(H,28,29). The molecule has 3 amide bonds. The van der Waals surface area contributed by atoms with Crippen LogP contribution in [0.4, 0.5) is 0 Å². The van der Waals surface area contributed by atoms with Gasteiger partial charge in [0.25, 0.3) is 0 Å². The summed E-state index contributed by atoms with van der Waals surface area (Å²) in [6, 6.07) is -5.18. The molecule has 8 N–H and O–H groups in total. The van der Waals surface area contributed by atoms with Gasteiger partial charge in [-0.2, -0.15) is 25.3 Å². The first kappa shape index (κ1) is 28.5. The summed E-state index contributed by atoms with van der Waals surface area (Å²) in [5, 5.41) is 33.1. The van der Waals surface area contributed by atoms with Crippen LogP contribution < -0.4 is 21.7 Å². The number of rotatable bonds is 15. The average molecular weight is 483 g/mol. The molecule has 0 saturated heterocycles. The van der Waals surface area contributed by atoms with E-state index in [0.29, 0.717) is 0 Å². The van der Waals surface area contributed by atoms with E-state index in [0.717, 1.165) is 0 Å². The van der Waals surface area contributed by atoms with Crippen LogP contribution in [0.2, 0.25) is 0 Å². The topological polar surface area (TPSA) is 225 Å². The van der Waals surface area contributed by atoms with E-state index in [1.807, 2.05) is 0 Å². The highest BCUT2D eigenvalue weighted by molar-refractivity contribution is 7.80. The van der Waals surface area contributed by atoms with Crippen LogP contribution in [0, 0.1) is 0 Å². The Labute approximate surface area is 188 Å². The molecule has 0 aliphatic heterocycles. The molecule has 15 heteroatoms. The highest BCUT2D eigenvalue weighted by Gasteiger charge is 2.29. The van der Waals surface area contributed by atoms with Crippen LogP contribution >= 0.6 is 25.3 Å². The molecule has 0 saturated carbocycles. The maximum absolute atomic E-state index is 12.4. The number of nitrogens with one attached hydrogen (secondary N) is 3. The van der Waals surface area contributed by atoms with Crippen molar-refractivity contribution in [2.24, 2.45) is 5.73 Å². The minimum Gasteiger partial charge on any atom is -0.481 e.